The zero-order chi connectivity index (χ0) is 64.8. The van der Waals surface area contributed by atoms with Crippen molar-refractivity contribution in [2.45, 2.75) is 171 Å². The van der Waals surface area contributed by atoms with Gasteiger partial charge in [0.1, 0.15) is 52.4 Å². The van der Waals surface area contributed by atoms with Gasteiger partial charge in [-0.2, -0.15) is 13.2 Å². The number of unbranched alkanes of at least 4 members (excludes halogenated alkanes) is 1. The number of fused-ring (bicyclic) bond motifs is 5. The van der Waals surface area contributed by atoms with Crippen molar-refractivity contribution in [3.8, 4) is 5.75 Å². The lowest BCUT2D eigenvalue weighted by molar-refractivity contribution is -0.148. The number of nitrogens with two attached hydrogens (primary N) is 1. The number of primary amides is 1. The Hall–Kier alpha value is -5.59. The number of carbonyl (C=O) groups is 7. The lowest BCUT2D eigenvalue weighted by Crippen LogP contribution is -2.63. The molecule has 2 aromatic carbocycles. The maximum absolute atomic E-state index is 15.1. The van der Waals surface area contributed by atoms with Gasteiger partial charge in [0.15, 0.2) is 12.0 Å². The molecule has 0 aliphatic carbocycles. The highest BCUT2D eigenvalue weighted by molar-refractivity contribution is 9.10. The van der Waals surface area contributed by atoms with E-state index in [9.17, 15) is 43.8 Å². The number of allylic oxidation sites excluding steroid dienone is 3. The monoisotopic (exact) mass is 1380 g/mol. The number of benzene rings is 2. The fourth-order valence-corrected chi connectivity index (χ4v) is 12.1. The summed E-state index contributed by atoms with van der Waals surface area (Å²) in [6.07, 6.45) is -6.22. The first-order chi connectivity index (χ1) is 40.9. The van der Waals surface area contributed by atoms with E-state index in [2.05, 4.69) is 63.8 Å². The molecule has 2 fully saturated rings. The number of aliphatic hydroxyl groups excluding tert-OH is 1. The molecule has 484 valence electrons. The summed E-state index contributed by atoms with van der Waals surface area (Å²) in [5.74, 6) is -3.98. The number of carbonyl (C=O) groups excluding carboxylic acids is 7. The molecule has 87 heavy (non-hydrogen) atoms. The van der Waals surface area contributed by atoms with Crippen LogP contribution in [0.15, 0.2) is 54.1 Å². The number of alkyl halides is 5. The second-order valence-corrected chi connectivity index (χ2v) is 24.1. The van der Waals surface area contributed by atoms with Gasteiger partial charge in [-0.15, -0.1) is 0 Å². The number of amides is 7. The van der Waals surface area contributed by atoms with E-state index in [1.807, 2.05) is 6.92 Å². The van der Waals surface area contributed by atoms with E-state index in [0.717, 1.165) is 24.0 Å². The van der Waals surface area contributed by atoms with Crippen molar-refractivity contribution in [3.63, 3.8) is 0 Å². The number of ether oxygens (including phenoxy) is 6. The van der Waals surface area contributed by atoms with Gasteiger partial charge in [0.2, 0.25) is 30.0 Å². The minimum Gasteiger partial charge on any atom is -0.495 e. The van der Waals surface area contributed by atoms with Crippen molar-refractivity contribution < 1.29 is 85.4 Å². The van der Waals surface area contributed by atoms with Gasteiger partial charge in [-0.3, -0.25) is 24.5 Å². The van der Waals surface area contributed by atoms with Crippen molar-refractivity contribution in [1.29, 1.82) is 0 Å². The number of nitrogens with zero attached hydrogens (tertiary/aromatic N) is 1. The fourth-order valence-electron chi connectivity index (χ4n) is 10.4. The van der Waals surface area contributed by atoms with Gasteiger partial charge < -0.3 is 80.6 Å². The predicted octanol–water partition coefficient (Wildman–Crippen LogP) is 7.25. The lowest BCUT2D eigenvalue weighted by Gasteiger charge is -2.42. The molecule has 2 aromatic rings. The molecule has 3 aliphatic rings. The van der Waals surface area contributed by atoms with E-state index in [1.165, 1.54) is 26.2 Å². The molecule has 0 saturated carbocycles. The van der Waals surface area contributed by atoms with Crippen molar-refractivity contribution in [3.05, 3.63) is 70.3 Å². The van der Waals surface area contributed by atoms with Crippen molar-refractivity contribution in [2.75, 3.05) is 54.0 Å². The van der Waals surface area contributed by atoms with Crippen molar-refractivity contribution >= 4 is 103 Å². The van der Waals surface area contributed by atoms with Gasteiger partial charge in [0.25, 0.3) is 0 Å². The number of methoxy groups -OCH3 is 2. The van der Waals surface area contributed by atoms with Crippen LogP contribution in [0.25, 0.3) is 0 Å². The second-order valence-electron chi connectivity index (χ2n) is 22.6. The van der Waals surface area contributed by atoms with Crippen molar-refractivity contribution in [1.82, 2.24) is 21.3 Å². The quantitative estimate of drug-likeness (QED) is 0.0147. The van der Waals surface area contributed by atoms with Gasteiger partial charge in [0, 0.05) is 55.8 Å². The van der Waals surface area contributed by atoms with Gasteiger partial charge in [-0.05, 0) is 94.7 Å². The summed E-state index contributed by atoms with van der Waals surface area (Å²) >= 11 is 13.4. The Kier molecular flexibility index (Phi) is 26.3. The van der Waals surface area contributed by atoms with Crippen LogP contribution in [0.2, 0.25) is 5.02 Å². The third-order valence-electron chi connectivity index (χ3n) is 15.4. The minimum absolute atomic E-state index is 0.0147. The first-order valence-electron chi connectivity index (χ1n) is 28.3. The molecule has 2 saturated heterocycles. The molecule has 4 bridgehead atoms. The minimum atomic E-state index is -5.15. The predicted molar refractivity (Wildman–Crippen MR) is 324 cm³/mol. The molecule has 11 atom stereocenters. The highest BCUT2D eigenvalue weighted by Crippen LogP contribution is 2.49. The van der Waals surface area contributed by atoms with Crippen LogP contribution >= 0.6 is 43.5 Å². The zero-order valence-electron chi connectivity index (χ0n) is 49.9. The third-order valence-corrected chi connectivity index (χ3v) is 17.6. The molecule has 5 rings (SSSR count). The van der Waals surface area contributed by atoms with Gasteiger partial charge in [0.05, 0.1) is 42.7 Å². The number of rotatable bonds is 26. The number of anilines is 3. The fraction of sp³-hybridized carbons (Fsp3) is 0.603. The Balaban J connectivity index is 1.38. The number of halogens is 6. The normalized spacial score (nSPS) is 25.0. The van der Waals surface area contributed by atoms with Gasteiger partial charge in [-0.25, -0.2) is 9.59 Å². The number of hydrogen-bond acceptors (Lipinski definition) is 16. The Morgan fingerprint density at radius 1 is 1.03 bits per heavy atom. The number of hydrogen-bond donors (Lipinski definition) is 9. The molecular formula is C58H80Br2ClF3N8O15. The largest absolute Gasteiger partial charge is 0.495 e. The molecule has 29 heteroatoms. The number of epoxide rings is 1. The zero-order valence-corrected chi connectivity index (χ0v) is 53.9. The van der Waals surface area contributed by atoms with E-state index in [-0.39, 0.29) is 71.1 Å². The van der Waals surface area contributed by atoms with Crippen LogP contribution in [0, 0.1) is 11.8 Å². The Morgan fingerprint density at radius 2 is 1.74 bits per heavy atom. The smallest absolute Gasteiger partial charge is 0.418 e. The Bertz CT molecular complexity index is 2840. The van der Waals surface area contributed by atoms with Crippen molar-refractivity contribution in [2.24, 2.45) is 17.6 Å². The van der Waals surface area contributed by atoms with E-state index < -0.39 is 131 Å². The van der Waals surface area contributed by atoms with E-state index in [1.54, 1.807) is 65.0 Å². The molecular weight excluding hydrogens is 1300 g/mol. The number of nitrogens with one attached hydrogen (secondary N) is 6. The summed E-state index contributed by atoms with van der Waals surface area (Å²) < 4.78 is 80.4. The molecule has 2 unspecified atom stereocenters. The Morgan fingerprint density at radius 3 is 2.36 bits per heavy atom. The molecule has 0 radical (unpaired) electrons. The molecule has 23 nitrogen and oxygen atoms in total. The maximum atomic E-state index is 15.1. The van der Waals surface area contributed by atoms with E-state index >= 15 is 13.2 Å². The average molecular weight is 1380 g/mol. The highest BCUT2D eigenvalue weighted by Gasteiger charge is 2.64. The van der Waals surface area contributed by atoms with Crippen LogP contribution in [0.4, 0.5) is 39.8 Å². The highest BCUT2D eigenvalue weighted by atomic mass is 79.9. The first kappa shape index (κ1) is 72.2. The summed E-state index contributed by atoms with van der Waals surface area (Å²) in [6.45, 7) is 10.1. The molecule has 0 aromatic heterocycles. The van der Waals surface area contributed by atoms with E-state index in [4.69, 9.17) is 45.8 Å². The SMILES string of the molecule is COc1cc2cc(c1Cl)N(C)C(=O)C[C@H](OC(O)Nc1ccc(NC(=O)[C@H](CCCNC(N)=O)NC(=O)[C@@H](NC(=O)CCCCC(C)OC(C=O)(CBr)CBr)C(C)C)c(C(F)(F)F)c1)[C@]1(C)O[C@H]1[C@H](C)[C@@H]1C[C@@](O)(NC(=O)O1)[C@H](OC)/C=C/C=C(\C)C2. The number of aldehydes is 1. The van der Waals surface area contributed by atoms with Crippen LogP contribution < -0.4 is 47.3 Å². The van der Waals surface area contributed by atoms with Gasteiger partial charge in [-0.1, -0.05) is 94.5 Å². The number of aliphatic hydroxyl groups is 2. The summed E-state index contributed by atoms with van der Waals surface area (Å²) in [4.78, 5) is 93.0. The number of urea groups is 1. The van der Waals surface area contributed by atoms with Gasteiger partial charge >= 0.3 is 18.3 Å². The molecule has 0 spiro atoms. The summed E-state index contributed by atoms with van der Waals surface area (Å²) in [6, 6.07) is 2.42. The average Bonchev–Trinajstić information content (AvgIpc) is 1.63. The van der Waals surface area contributed by atoms with Crippen LogP contribution in [-0.2, 0) is 60.3 Å². The third kappa shape index (κ3) is 19.7. The Labute approximate surface area is 525 Å². The molecule has 7 amide bonds. The second kappa shape index (κ2) is 31.7. The van der Waals surface area contributed by atoms with Crippen LogP contribution in [-0.4, -0.2) is 157 Å². The topological polar surface area (TPSA) is 320 Å². The maximum Gasteiger partial charge on any atom is 0.418 e. The summed E-state index contributed by atoms with van der Waals surface area (Å²) in [7, 11) is 4.24. The first-order valence-corrected chi connectivity index (χ1v) is 30.9. The lowest BCUT2D eigenvalue weighted by atomic mass is 9.83. The van der Waals surface area contributed by atoms with Crippen LogP contribution in [0.1, 0.15) is 104 Å². The molecule has 3 heterocycles. The summed E-state index contributed by atoms with van der Waals surface area (Å²) in [5.41, 5.74) is -0.00693. The summed E-state index contributed by atoms with van der Waals surface area (Å²) in [5, 5.41) is 38.9. The van der Waals surface area contributed by atoms with E-state index in [0.29, 0.717) is 37.3 Å². The number of alkyl carbamates (subject to hydrolysis) is 1. The van der Waals surface area contributed by atoms with Crippen LogP contribution in [0.3, 0.4) is 0 Å². The molecule has 3 aliphatic heterocycles. The standard InChI is InChI=1S/C58H80Br2ClF3N8O15/c1-31(2)48(70-45(74)18-11-10-15-33(4)86-56(28-59,29-60)30-73)51(77)69-39(16-13-21-66-52(65)78)50(76)68-38-20-19-36(25-37(38)58(62,63)64)67-53(79)85-44-26-46(75)72(7)40-23-35(24-41(82-8)47(40)61)22-32(3)14-12-17-43(83-9)57(81)27-42(84-54(80)71-57)34(5)49-55(44,6)87-49/h12,14,17,19-20,23-25,30-31,33-34,39,42-44,48-49,53,67,79,81H,10-11,13,15-16,18,21-22,26-29H2,1-9H3,(H,68,76)(H,69,77)(H,70,74)(H,71,80)(H3,65,66,78)/b17-12+,32-14+/t33?,34-,39+,42+,43-,44+,48+,49+,53?,55+,57+/m1/s1. The molecule has 10 N–H and O–H groups in total. The van der Waals surface area contributed by atoms with Crippen LogP contribution in [0.5, 0.6) is 5.75 Å².